The summed E-state index contributed by atoms with van der Waals surface area (Å²) >= 11 is 0. The molecule has 0 aromatic heterocycles. The summed E-state index contributed by atoms with van der Waals surface area (Å²) in [5.41, 5.74) is 11.2. The SMILES string of the molecule is C1=Cc2c1cccc2Cc1ccc(Cc2cccc3c2C=C3)cc1. The standard InChI is InChI=1S/C24H18/c1-3-19-11-13-23(19)21(5-1)15-17-7-9-18(10-8-17)16-22-6-2-4-20-12-14-24(20)22/h1-14H,15-16H2. The van der Waals surface area contributed by atoms with Gasteiger partial charge in [0.15, 0.2) is 0 Å². The quantitative estimate of drug-likeness (QED) is 0.391. The van der Waals surface area contributed by atoms with Crippen molar-refractivity contribution in [2.75, 3.05) is 0 Å². The molecule has 114 valence electrons. The van der Waals surface area contributed by atoms with Crippen LogP contribution in [0.3, 0.4) is 0 Å². The maximum absolute atomic E-state index is 2.28. The van der Waals surface area contributed by atoms with E-state index < -0.39 is 0 Å². The Labute approximate surface area is 142 Å². The molecule has 0 radical (unpaired) electrons. The molecule has 0 heteroatoms. The summed E-state index contributed by atoms with van der Waals surface area (Å²) in [4.78, 5) is 0. The van der Waals surface area contributed by atoms with Crippen molar-refractivity contribution in [2.45, 2.75) is 12.8 Å². The predicted molar refractivity (Wildman–Crippen MR) is 103 cm³/mol. The molecule has 0 fully saturated rings. The van der Waals surface area contributed by atoms with E-state index in [1.165, 1.54) is 44.5 Å². The molecule has 2 aliphatic carbocycles. The van der Waals surface area contributed by atoms with Gasteiger partial charge < -0.3 is 0 Å². The zero-order chi connectivity index (χ0) is 15.9. The second kappa shape index (κ2) is 5.35. The summed E-state index contributed by atoms with van der Waals surface area (Å²) < 4.78 is 0. The lowest BCUT2D eigenvalue weighted by atomic mass is 9.88. The molecule has 2 aliphatic rings. The average Bonchev–Trinajstić information content (AvgIpc) is 2.53. The Balaban J connectivity index is 1.34. The molecular weight excluding hydrogens is 288 g/mol. The van der Waals surface area contributed by atoms with Crippen LogP contribution in [0.15, 0.2) is 60.7 Å². The van der Waals surface area contributed by atoms with E-state index in [4.69, 9.17) is 0 Å². The first-order valence-electron chi connectivity index (χ1n) is 8.54. The van der Waals surface area contributed by atoms with Crippen molar-refractivity contribution in [1.29, 1.82) is 0 Å². The molecule has 0 nitrogen and oxygen atoms in total. The fourth-order valence-electron chi connectivity index (χ4n) is 3.64. The van der Waals surface area contributed by atoms with Gasteiger partial charge in [-0.2, -0.15) is 0 Å². The highest BCUT2D eigenvalue weighted by molar-refractivity contribution is 5.88. The van der Waals surface area contributed by atoms with E-state index >= 15 is 0 Å². The van der Waals surface area contributed by atoms with Crippen LogP contribution in [0, 0.1) is 0 Å². The molecule has 0 N–H and O–H groups in total. The molecule has 24 heavy (non-hydrogen) atoms. The van der Waals surface area contributed by atoms with Crippen molar-refractivity contribution in [3.05, 3.63) is 105 Å². The van der Waals surface area contributed by atoms with E-state index in [0.717, 1.165) is 12.8 Å². The van der Waals surface area contributed by atoms with Crippen molar-refractivity contribution in [3.63, 3.8) is 0 Å². The van der Waals surface area contributed by atoms with Crippen LogP contribution in [-0.2, 0) is 12.8 Å². The summed E-state index contributed by atoms with van der Waals surface area (Å²) in [5.74, 6) is 0. The minimum absolute atomic E-state index is 1.01. The predicted octanol–water partition coefficient (Wildman–Crippen LogP) is 5.84. The van der Waals surface area contributed by atoms with Crippen LogP contribution in [-0.4, -0.2) is 0 Å². The van der Waals surface area contributed by atoms with Gasteiger partial charge in [0.1, 0.15) is 0 Å². The van der Waals surface area contributed by atoms with Gasteiger partial charge in [-0.1, -0.05) is 85.0 Å². The molecule has 5 rings (SSSR count). The zero-order valence-corrected chi connectivity index (χ0v) is 13.5. The highest BCUT2D eigenvalue weighted by atomic mass is 14.2. The van der Waals surface area contributed by atoms with Crippen LogP contribution in [0.1, 0.15) is 44.5 Å². The fraction of sp³-hybridized carbons (Fsp3) is 0.0833. The number of rotatable bonds is 4. The van der Waals surface area contributed by atoms with Crippen molar-refractivity contribution in [1.82, 2.24) is 0 Å². The summed E-state index contributed by atoms with van der Waals surface area (Å²) in [6.45, 7) is 0. The Bertz CT molecular complexity index is 903. The Morgan fingerprint density at radius 2 is 0.917 bits per heavy atom. The Morgan fingerprint density at radius 3 is 1.29 bits per heavy atom. The van der Waals surface area contributed by atoms with Gasteiger partial charge in [0.05, 0.1) is 0 Å². The van der Waals surface area contributed by atoms with Crippen LogP contribution in [0.4, 0.5) is 0 Å². The smallest absolute Gasteiger partial charge is 0.00196 e. The number of hydrogen-bond acceptors (Lipinski definition) is 0. The van der Waals surface area contributed by atoms with E-state index in [0.29, 0.717) is 0 Å². The van der Waals surface area contributed by atoms with Crippen molar-refractivity contribution < 1.29 is 0 Å². The summed E-state index contributed by atoms with van der Waals surface area (Å²) in [5, 5.41) is 0. The van der Waals surface area contributed by atoms with Crippen LogP contribution in [0.25, 0.3) is 24.3 Å². The molecule has 0 atom stereocenters. The maximum Gasteiger partial charge on any atom is -0.00196 e. The molecule has 0 spiro atoms. The molecule has 0 saturated carbocycles. The Kier molecular flexibility index (Phi) is 3.02. The van der Waals surface area contributed by atoms with Gasteiger partial charge in [-0.3, -0.25) is 0 Å². The van der Waals surface area contributed by atoms with E-state index in [2.05, 4.69) is 85.0 Å². The Morgan fingerprint density at radius 1 is 0.458 bits per heavy atom. The largest absolute Gasteiger partial charge is 0.0613 e. The molecule has 0 unspecified atom stereocenters. The first kappa shape index (κ1) is 13.6. The fourth-order valence-corrected chi connectivity index (χ4v) is 3.64. The molecule has 0 amide bonds. The van der Waals surface area contributed by atoms with Gasteiger partial charge in [0.25, 0.3) is 0 Å². The summed E-state index contributed by atoms with van der Waals surface area (Å²) in [6.07, 6.45) is 10.8. The monoisotopic (exact) mass is 306 g/mol. The molecule has 0 saturated heterocycles. The van der Waals surface area contributed by atoms with E-state index in [9.17, 15) is 0 Å². The number of benzene rings is 3. The average molecular weight is 306 g/mol. The van der Waals surface area contributed by atoms with E-state index in [1.54, 1.807) is 0 Å². The van der Waals surface area contributed by atoms with Crippen LogP contribution < -0.4 is 0 Å². The zero-order valence-electron chi connectivity index (χ0n) is 13.5. The molecule has 0 bridgehead atoms. The van der Waals surface area contributed by atoms with Gasteiger partial charge in [-0.15, -0.1) is 0 Å². The van der Waals surface area contributed by atoms with Gasteiger partial charge in [-0.05, 0) is 57.3 Å². The molecule has 0 heterocycles. The second-order valence-electron chi connectivity index (χ2n) is 6.68. The first-order valence-corrected chi connectivity index (χ1v) is 8.54. The third kappa shape index (κ3) is 2.23. The number of fused-ring (bicyclic) bond motifs is 2. The van der Waals surface area contributed by atoms with E-state index in [-0.39, 0.29) is 0 Å². The second-order valence-corrected chi connectivity index (χ2v) is 6.68. The lowest BCUT2D eigenvalue weighted by molar-refractivity contribution is 1.14. The van der Waals surface area contributed by atoms with Gasteiger partial charge in [0.2, 0.25) is 0 Å². The van der Waals surface area contributed by atoms with Crippen LogP contribution in [0.5, 0.6) is 0 Å². The van der Waals surface area contributed by atoms with Gasteiger partial charge >= 0.3 is 0 Å². The summed E-state index contributed by atoms with van der Waals surface area (Å²) in [7, 11) is 0. The minimum Gasteiger partial charge on any atom is -0.0613 e. The van der Waals surface area contributed by atoms with Crippen molar-refractivity contribution in [2.24, 2.45) is 0 Å². The maximum atomic E-state index is 2.28. The van der Waals surface area contributed by atoms with Crippen molar-refractivity contribution >= 4 is 24.3 Å². The lowest BCUT2D eigenvalue weighted by Gasteiger charge is -2.16. The minimum atomic E-state index is 1.01. The van der Waals surface area contributed by atoms with Crippen LogP contribution >= 0.6 is 0 Å². The van der Waals surface area contributed by atoms with Gasteiger partial charge in [-0.25, -0.2) is 0 Å². The lowest BCUT2D eigenvalue weighted by Crippen LogP contribution is -2.00. The molecule has 3 aromatic rings. The number of hydrogen-bond donors (Lipinski definition) is 0. The van der Waals surface area contributed by atoms with Gasteiger partial charge in [0, 0.05) is 0 Å². The third-order valence-electron chi connectivity index (χ3n) is 5.13. The topological polar surface area (TPSA) is 0 Å². The third-order valence-corrected chi connectivity index (χ3v) is 5.13. The van der Waals surface area contributed by atoms with E-state index in [1.807, 2.05) is 0 Å². The highest BCUT2D eigenvalue weighted by Gasteiger charge is 2.12. The molecular formula is C24H18. The highest BCUT2D eigenvalue weighted by Crippen LogP contribution is 2.30. The van der Waals surface area contributed by atoms with Crippen LogP contribution in [0.2, 0.25) is 0 Å². The molecule has 0 aliphatic heterocycles. The normalized spacial score (nSPS) is 13.0. The van der Waals surface area contributed by atoms with Crippen molar-refractivity contribution in [3.8, 4) is 0 Å². The summed E-state index contributed by atoms with van der Waals surface area (Å²) in [6, 6.07) is 22.3. The Hall–Kier alpha value is -2.86. The first-order chi connectivity index (χ1) is 11.9. The molecule has 3 aromatic carbocycles.